The third-order valence-electron chi connectivity index (χ3n) is 2.38. The van der Waals surface area contributed by atoms with E-state index in [4.69, 9.17) is 15.2 Å². The molecule has 0 saturated heterocycles. The Kier molecular flexibility index (Phi) is 7.78. The van der Waals surface area contributed by atoms with Crippen molar-refractivity contribution in [1.82, 2.24) is 0 Å². The van der Waals surface area contributed by atoms with E-state index in [-0.39, 0.29) is 6.10 Å². The van der Waals surface area contributed by atoms with Crippen molar-refractivity contribution in [2.24, 2.45) is 0 Å². The first-order chi connectivity index (χ1) is 9.02. The van der Waals surface area contributed by atoms with Gasteiger partial charge in [0.25, 0.3) is 0 Å². The first-order valence-electron chi connectivity index (χ1n) is 5.99. The average Bonchev–Trinajstić information content (AvgIpc) is 2.35. The van der Waals surface area contributed by atoms with Gasteiger partial charge in [-0.15, -0.1) is 11.8 Å². The summed E-state index contributed by atoms with van der Waals surface area (Å²) < 4.78 is 11.4. The van der Waals surface area contributed by atoms with Crippen LogP contribution in [0.4, 0.5) is 5.69 Å². The molecule has 0 aromatic heterocycles. The number of nitrogens with two attached hydrogens (primary N) is 1. The summed E-state index contributed by atoms with van der Waals surface area (Å²) >= 11 is 4.88. The number of methoxy groups -OCH3 is 1. The highest BCUT2D eigenvalue weighted by atomic mass is 79.9. The molecule has 1 rings (SSSR count). The van der Waals surface area contributed by atoms with E-state index in [1.165, 1.54) is 11.8 Å². The Morgan fingerprint density at radius 3 is 2.79 bits per heavy atom. The van der Waals surface area contributed by atoms with Crippen LogP contribution in [-0.2, 0) is 9.47 Å². The van der Waals surface area contributed by atoms with Gasteiger partial charge in [0.2, 0.25) is 0 Å². The summed E-state index contributed by atoms with van der Waals surface area (Å²) in [6.07, 6.45) is -0.533. The number of ether oxygens (including phenoxy) is 2. The minimum atomic E-state index is -0.521. The predicted octanol–water partition coefficient (Wildman–Crippen LogP) is 2.54. The van der Waals surface area contributed by atoms with Gasteiger partial charge in [-0.05, 0) is 25.1 Å². The quantitative estimate of drug-likeness (QED) is 0.557. The van der Waals surface area contributed by atoms with E-state index in [1.54, 1.807) is 7.11 Å². The Hall–Kier alpha value is -0.270. The first-order valence-corrected chi connectivity index (χ1v) is 7.77. The van der Waals surface area contributed by atoms with Gasteiger partial charge >= 0.3 is 0 Å². The molecule has 0 heterocycles. The molecular formula is C13H20BrNO3S. The van der Waals surface area contributed by atoms with Crippen molar-refractivity contribution in [3.8, 4) is 0 Å². The normalized spacial score (nSPS) is 14.3. The molecule has 2 unspecified atom stereocenters. The highest BCUT2D eigenvalue weighted by molar-refractivity contribution is 9.10. The van der Waals surface area contributed by atoms with Gasteiger partial charge in [0.05, 0.1) is 25.4 Å². The molecule has 4 nitrogen and oxygen atoms in total. The van der Waals surface area contributed by atoms with Crippen molar-refractivity contribution < 1.29 is 14.6 Å². The predicted molar refractivity (Wildman–Crippen MR) is 82.6 cm³/mol. The minimum Gasteiger partial charge on any atom is -0.398 e. The molecule has 0 aliphatic carbocycles. The number of halogens is 1. The molecule has 0 spiro atoms. The fourth-order valence-electron chi connectivity index (χ4n) is 1.44. The van der Waals surface area contributed by atoms with Crippen molar-refractivity contribution in [1.29, 1.82) is 0 Å². The van der Waals surface area contributed by atoms with Gasteiger partial charge < -0.3 is 20.3 Å². The summed E-state index contributed by atoms with van der Waals surface area (Å²) in [7, 11) is 1.63. The molecule has 1 aromatic rings. The lowest BCUT2D eigenvalue weighted by Crippen LogP contribution is -2.24. The van der Waals surface area contributed by atoms with E-state index in [0.29, 0.717) is 24.7 Å². The fourth-order valence-corrected chi connectivity index (χ4v) is 2.68. The lowest BCUT2D eigenvalue weighted by Gasteiger charge is -2.16. The van der Waals surface area contributed by atoms with Crippen LogP contribution in [-0.4, -0.2) is 43.4 Å². The molecule has 0 radical (unpaired) electrons. The van der Waals surface area contributed by atoms with Crippen molar-refractivity contribution in [3.05, 3.63) is 22.7 Å². The van der Waals surface area contributed by atoms with Gasteiger partial charge in [0.15, 0.2) is 0 Å². The van der Waals surface area contributed by atoms with Crippen LogP contribution in [0.15, 0.2) is 27.6 Å². The number of hydrogen-bond acceptors (Lipinski definition) is 5. The van der Waals surface area contributed by atoms with Crippen LogP contribution < -0.4 is 5.73 Å². The molecule has 0 aliphatic heterocycles. The standard InChI is InChI=1S/C13H20BrNO3S/c1-9(6-17-2)18-7-11(16)8-19-13-4-3-10(14)5-12(13)15/h3-5,9,11,16H,6-8,15H2,1-2H3. The second-order valence-electron chi connectivity index (χ2n) is 4.25. The maximum absolute atomic E-state index is 9.84. The van der Waals surface area contributed by atoms with Crippen LogP contribution in [0.2, 0.25) is 0 Å². The molecule has 108 valence electrons. The zero-order valence-corrected chi connectivity index (χ0v) is 13.5. The molecule has 0 aliphatic rings. The molecule has 19 heavy (non-hydrogen) atoms. The second kappa shape index (κ2) is 8.81. The highest BCUT2D eigenvalue weighted by Crippen LogP contribution is 2.28. The molecule has 1 aromatic carbocycles. The van der Waals surface area contributed by atoms with E-state index in [9.17, 15) is 5.11 Å². The Balaban J connectivity index is 2.31. The molecular weight excluding hydrogens is 330 g/mol. The van der Waals surface area contributed by atoms with Gasteiger partial charge in [-0.3, -0.25) is 0 Å². The summed E-state index contributed by atoms with van der Waals surface area (Å²) in [5.41, 5.74) is 6.60. The molecule has 0 fully saturated rings. The van der Waals surface area contributed by atoms with Gasteiger partial charge in [-0.25, -0.2) is 0 Å². The van der Waals surface area contributed by atoms with E-state index >= 15 is 0 Å². The lowest BCUT2D eigenvalue weighted by molar-refractivity contribution is -0.0257. The molecule has 0 amide bonds. The third-order valence-corrected chi connectivity index (χ3v) is 4.11. The van der Waals surface area contributed by atoms with Crippen molar-refractivity contribution >= 4 is 33.4 Å². The summed E-state index contributed by atoms with van der Waals surface area (Å²) in [6.45, 7) is 2.74. The average molecular weight is 350 g/mol. The van der Waals surface area contributed by atoms with E-state index in [2.05, 4.69) is 15.9 Å². The van der Waals surface area contributed by atoms with Crippen LogP contribution >= 0.6 is 27.7 Å². The number of anilines is 1. The van der Waals surface area contributed by atoms with Gasteiger partial charge in [-0.2, -0.15) is 0 Å². The van der Waals surface area contributed by atoms with Crippen LogP contribution in [0, 0.1) is 0 Å². The Morgan fingerprint density at radius 2 is 2.16 bits per heavy atom. The Labute approximate surface area is 126 Å². The topological polar surface area (TPSA) is 64.7 Å². The highest BCUT2D eigenvalue weighted by Gasteiger charge is 2.10. The number of nitrogen functional groups attached to an aromatic ring is 1. The molecule has 2 atom stereocenters. The van der Waals surface area contributed by atoms with E-state index < -0.39 is 6.10 Å². The number of thioether (sulfide) groups is 1. The summed E-state index contributed by atoms with van der Waals surface area (Å²) in [6, 6.07) is 5.72. The van der Waals surface area contributed by atoms with Crippen LogP contribution in [0.3, 0.4) is 0 Å². The summed E-state index contributed by atoms with van der Waals surface area (Å²) in [4.78, 5) is 0.965. The minimum absolute atomic E-state index is 0.0117. The zero-order valence-electron chi connectivity index (χ0n) is 11.1. The van der Waals surface area contributed by atoms with Gasteiger partial charge in [0.1, 0.15) is 0 Å². The largest absolute Gasteiger partial charge is 0.398 e. The number of benzene rings is 1. The fraction of sp³-hybridized carbons (Fsp3) is 0.538. The molecule has 0 saturated carbocycles. The van der Waals surface area contributed by atoms with Gasteiger partial charge in [-0.1, -0.05) is 15.9 Å². The number of aliphatic hydroxyl groups is 1. The molecule has 6 heteroatoms. The van der Waals surface area contributed by atoms with Crippen molar-refractivity contribution in [3.63, 3.8) is 0 Å². The van der Waals surface area contributed by atoms with E-state index in [0.717, 1.165) is 9.37 Å². The smallest absolute Gasteiger partial charge is 0.0867 e. The van der Waals surface area contributed by atoms with Crippen molar-refractivity contribution in [2.75, 3.05) is 31.8 Å². The zero-order chi connectivity index (χ0) is 14.3. The first kappa shape index (κ1) is 16.8. The van der Waals surface area contributed by atoms with Crippen LogP contribution in [0.25, 0.3) is 0 Å². The van der Waals surface area contributed by atoms with E-state index in [1.807, 2.05) is 25.1 Å². The van der Waals surface area contributed by atoms with Crippen LogP contribution in [0.5, 0.6) is 0 Å². The maximum atomic E-state index is 9.84. The lowest BCUT2D eigenvalue weighted by atomic mass is 10.3. The summed E-state index contributed by atoms with van der Waals surface area (Å²) in [5, 5.41) is 9.84. The van der Waals surface area contributed by atoms with Gasteiger partial charge in [0, 0.05) is 27.9 Å². The Bertz CT molecular complexity index is 392. The molecule has 0 bridgehead atoms. The SMILES string of the molecule is COCC(C)OCC(O)CSc1ccc(Br)cc1N. The molecule has 3 N–H and O–H groups in total. The Morgan fingerprint density at radius 1 is 1.42 bits per heavy atom. The summed E-state index contributed by atoms with van der Waals surface area (Å²) in [5.74, 6) is 0.547. The number of rotatable bonds is 8. The van der Waals surface area contributed by atoms with Crippen LogP contribution in [0.1, 0.15) is 6.92 Å². The number of hydrogen-bond donors (Lipinski definition) is 2. The maximum Gasteiger partial charge on any atom is 0.0867 e. The third kappa shape index (κ3) is 6.63. The number of aliphatic hydroxyl groups excluding tert-OH is 1. The van der Waals surface area contributed by atoms with Crippen molar-refractivity contribution in [2.45, 2.75) is 24.0 Å². The monoisotopic (exact) mass is 349 g/mol. The second-order valence-corrected chi connectivity index (χ2v) is 6.22.